The van der Waals surface area contributed by atoms with Gasteiger partial charge in [0.25, 0.3) is 0 Å². The summed E-state index contributed by atoms with van der Waals surface area (Å²) < 4.78 is 11.6. The van der Waals surface area contributed by atoms with Crippen molar-refractivity contribution in [3.8, 4) is 5.75 Å². The number of nitrogens with one attached hydrogen (secondary N) is 2. The Morgan fingerprint density at radius 1 is 1.07 bits per heavy atom. The van der Waals surface area contributed by atoms with E-state index in [1.165, 1.54) is 0 Å². The molecule has 0 spiro atoms. The number of carbonyl (C=O) groups excluding carboxylic acids is 1. The zero-order valence-corrected chi connectivity index (χ0v) is 16.0. The lowest BCUT2D eigenvalue weighted by molar-refractivity contribution is 0.0501. The number of fused-ring (bicyclic) bond motifs is 1. The molecule has 1 unspecified atom stereocenters. The molecule has 1 aromatic heterocycles. The van der Waals surface area contributed by atoms with Gasteiger partial charge in [-0.25, -0.2) is 4.79 Å². The number of H-pyrrole nitrogens is 1. The minimum atomic E-state index is -0.531. The SMILES string of the molecule is CC(C)(C)OC(=O)NCC(Cc1ccccc1)Oc1cccc2[nH]ccc12. The molecule has 2 aromatic carbocycles. The van der Waals surface area contributed by atoms with Gasteiger partial charge in [0.2, 0.25) is 0 Å². The fourth-order valence-electron chi connectivity index (χ4n) is 2.88. The molecule has 1 heterocycles. The van der Waals surface area contributed by atoms with Gasteiger partial charge < -0.3 is 19.8 Å². The van der Waals surface area contributed by atoms with E-state index >= 15 is 0 Å². The van der Waals surface area contributed by atoms with Crippen molar-refractivity contribution in [1.82, 2.24) is 10.3 Å². The minimum Gasteiger partial charge on any atom is -0.488 e. The topological polar surface area (TPSA) is 63.4 Å². The summed E-state index contributed by atoms with van der Waals surface area (Å²) in [4.78, 5) is 15.2. The molecule has 5 nitrogen and oxygen atoms in total. The van der Waals surface area contributed by atoms with E-state index in [0.29, 0.717) is 13.0 Å². The Balaban J connectivity index is 1.73. The number of rotatable bonds is 6. The lowest BCUT2D eigenvalue weighted by atomic mass is 10.1. The van der Waals surface area contributed by atoms with E-state index in [9.17, 15) is 4.79 Å². The van der Waals surface area contributed by atoms with Gasteiger partial charge in [-0.2, -0.15) is 0 Å². The van der Waals surface area contributed by atoms with E-state index in [1.807, 2.05) is 69.4 Å². The van der Waals surface area contributed by atoms with E-state index in [1.54, 1.807) is 0 Å². The van der Waals surface area contributed by atoms with Crippen molar-refractivity contribution in [2.75, 3.05) is 6.54 Å². The quantitative estimate of drug-likeness (QED) is 0.666. The maximum atomic E-state index is 12.0. The highest BCUT2D eigenvalue weighted by molar-refractivity contribution is 5.85. The second kappa shape index (κ2) is 8.16. The number of ether oxygens (including phenoxy) is 2. The fourth-order valence-corrected chi connectivity index (χ4v) is 2.88. The summed E-state index contributed by atoms with van der Waals surface area (Å²) in [7, 11) is 0. The fraction of sp³-hybridized carbons (Fsp3) is 0.318. The third-order valence-electron chi connectivity index (χ3n) is 4.03. The maximum Gasteiger partial charge on any atom is 0.407 e. The summed E-state index contributed by atoms with van der Waals surface area (Å²) in [5, 5.41) is 3.85. The first kappa shape index (κ1) is 18.8. The average molecular weight is 366 g/mol. The largest absolute Gasteiger partial charge is 0.488 e. The number of carbonyl (C=O) groups is 1. The normalized spacial score (nSPS) is 12.6. The molecular weight excluding hydrogens is 340 g/mol. The maximum absolute atomic E-state index is 12.0. The van der Waals surface area contributed by atoms with Crippen LogP contribution in [0.3, 0.4) is 0 Å². The first-order valence-corrected chi connectivity index (χ1v) is 9.14. The average Bonchev–Trinajstić information content (AvgIpc) is 3.09. The van der Waals surface area contributed by atoms with Gasteiger partial charge in [0, 0.05) is 23.5 Å². The Bertz CT molecular complexity index is 881. The predicted molar refractivity (Wildman–Crippen MR) is 107 cm³/mol. The first-order valence-electron chi connectivity index (χ1n) is 9.14. The van der Waals surface area contributed by atoms with Crippen molar-refractivity contribution in [3.63, 3.8) is 0 Å². The molecule has 0 bridgehead atoms. The van der Waals surface area contributed by atoms with E-state index in [-0.39, 0.29) is 6.10 Å². The molecule has 0 saturated heterocycles. The molecular formula is C22H26N2O3. The number of benzene rings is 2. The standard InChI is InChI=1S/C22H26N2O3/c1-22(2,3)27-21(25)24-15-17(14-16-8-5-4-6-9-16)26-20-11-7-10-19-18(20)12-13-23-19/h4-13,17,23H,14-15H2,1-3H3,(H,24,25). The molecule has 1 atom stereocenters. The Labute approximate surface area is 159 Å². The highest BCUT2D eigenvalue weighted by atomic mass is 16.6. The van der Waals surface area contributed by atoms with E-state index in [4.69, 9.17) is 9.47 Å². The number of aromatic amines is 1. The van der Waals surface area contributed by atoms with Crippen molar-refractivity contribution < 1.29 is 14.3 Å². The predicted octanol–water partition coefficient (Wildman–Crippen LogP) is 4.68. The third kappa shape index (κ3) is 5.51. The zero-order chi connectivity index (χ0) is 19.3. The van der Waals surface area contributed by atoms with E-state index in [0.717, 1.165) is 22.2 Å². The number of amides is 1. The van der Waals surface area contributed by atoms with Crippen LogP contribution in [-0.4, -0.2) is 29.3 Å². The van der Waals surface area contributed by atoms with Crippen LogP contribution in [0.15, 0.2) is 60.8 Å². The highest BCUT2D eigenvalue weighted by Crippen LogP contribution is 2.26. The smallest absolute Gasteiger partial charge is 0.407 e. The summed E-state index contributed by atoms with van der Waals surface area (Å²) in [6, 6.07) is 18.0. The molecule has 0 aliphatic carbocycles. The summed E-state index contributed by atoms with van der Waals surface area (Å²) in [6.07, 6.45) is 1.91. The summed E-state index contributed by atoms with van der Waals surface area (Å²) in [5.74, 6) is 0.792. The second-order valence-electron chi connectivity index (χ2n) is 7.51. The van der Waals surface area contributed by atoms with Crippen LogP contribution in [0.25, 0.3) is 10.9 Å². The summed E-state index contributed by atoms with van der Waals surface area (Å²) >= 11 is 0. The van der Waals surface area contributed by atoms with Crippen LogP contribution < -0.4 is 10.1 Å². The van der Waals surface area contributed by atoms with Crippen molar-refractivity contribution in [2.24, 2.45) is 0 Å². The third-order valence-corrected chi connectivity index (χ3v) is 4.03. The van der Waals surface area contributed by atoms with Crippen molar-refractivity contribution in [1.29, 1.82) is 0 Å². The van der Waals surface area contributed by atoms with Gasteiger partial charge in [0.05, 0.1) is 6.54 Å². The monoisotopic (exact) mass is 366 g/mol. The van der Waals surface area contributed by atoms with Crippen LogP contribution in [0.1, 0.15) is 26.3 Å². The molecule has 0 aliphatic rings. The van der Waals surface area contributed by atoms with Crippen molar-refractivity contribution in [2.45, 2.75) is 38.9 Å². The van der Waals surface area contributed by atoms with Crippen LogP contribution in [0.4, 0.5) is 4.79 Å². The highest BCUT2D eigenvalue weighted by Gasteiger charge is 2.19. The Hall–Kier alpha value is -2.95. The Morgan fingerprint density at radius 3 is 2.59 bits per heavy atom. The summed E-state index contributed by atoms with van der Waals surface area (Å²) in [5.41, 5.74) is 1.64. The van der Waals surface area contributed by atoms with Crippen LogP contribution in [-0.2, 0) is 11.2 Å². The van der Waals surface area contributed by atoms with Gasteiger partial charge in [-0.05, 0) is 44.5 Å². The van der Waals surface area contributed by atoms with Gasteiger partial charge in [0.15, 0.2) is 0 Å². The van der Waals surface area contributed by atoms with Crippen LogP contribution in [0.5, 0.6) is 5.75 Å². The minimum absolute atomic E-state index is 0.222. The van der Waals surface area contributed by atoms with Crippen molar-refractivity contribution >= 4 is 17.0 Å². The second-order valence-corrected chi connectivity index (χ2v) is 7.51. The molecule has 1 amide bonds. The van der Waals surface area contributed by atoms with Crippen molar-refractivity contribution in [3.05, 3.63) is 66.4 Å². The molecule has 5 heteroatoms. The molecule has 0 radical (unpaired) electrons. The van der Waals surface area contributed by atoms with Gasteiger partial charge in [-0.1, -0.05) is 36.4 Å². The molecule has 0 saturated carbocycles. The van der Waals surface area contributed by atoms with Crippen LogP contribution in [0, 0.1) is 0 Å². The first-order chi connectivity index (χ1) is 12.9. The van der Waals surface area contributed by atoms with Gasteiger partial charge >= 0.3 is 6.09 Å². The Kier molecular flexibility index (Phi) is 5.69. The molecule has 2 N–H and O–H groups in total. The van der Waals surface area contributed by atoms with Gasteiger partial charge in [-0.15, -0.1) is 0 Å². The van der Waals surface area contributed by atoms with Crippen LogP contribution in [0.2, 0.25) is 0 Å². The van der Waals surface area contributed by atoms with Crippen LogP contribution >= 0.6 is 0 Å². The summed E-state index contributed by atoms with van der Waals surface area (Å²) in [6.45, 7) is 5.88. The zero-order valence-electron chi connectivity index (χ0n) is 16.0. The van der Waals surface area contributed by atoms with E-state index in [2.05, 4.69) is 22.4 Å². The lowest BCUT2D eigenvalue weighted by Gasteiger charge is -2.23. The number of alkyl carbamates (subject to hydrolysis) is 1. The molecule has 3 aromatic rings. The number of aromatic nitrogens is 1. The Morgan fingerprint density at radius 2 is 1.85 bits per heavy atom. The molecule has 142 valence electrons. The van der Waals surface area contributed by atoms with Gasteiger partial charge in [-0.3, -0.25) is 0 Å². The van der Waals surface area contributed by atoms with E-state index < -0.39 is 11.7 Å². The molecule has 3 rings (SSSR count). The lowest BCUT2D eigenvalue weighted by Crippen LogP contribution is -2.39. The number of hydrogen-bond donors (Lipinski definition) is 2. The molecule has 0 fully saturated rings. The van der Waals surface area contributed by atoms with Gasteiger partial charge in [0.1, 0.15) is 17.5 Å². The molecule has 0 aliphatic heterocycles. The number of hydrogen-bond acceptors (Lipinski definition) is 3. The molecule has 27 heavy (non-hydrogen) atoms.